The summed E-state index contributed by atoms with van der Waals surface area (Å²) in [5, 5.41) is 9.19. The van der Waals surface area contributed by atoms with Crippen LogP contribution < -0.4 is 16.0 Å². The minimum atomic E-state index is -0.468. The van der Waals surface area contributed by atoms with Crippen molar-refractivity contribution < 1.29 is 9.53 Å². The number of nitrogens with one attached hydrogen (secondary N) is 3. The molecular formula is C17H35N5O2. The molecule has 0 aromatic carbocycles. The molecule has 1 fully saturated rings. The largest absolute Gasteiger partial charge is 0.444 e. The number of rotatable bonds is 8. The monoisotopic (exact) mass is 341 g/mol. The number of aliphatic imine (C=N–C) groups is 1. The first-order valence-electron chi connectivity index (χ1n) is 9.04. The van der Waals surface area contributed by atoms with Gasteiger partial charge >= 0.3 is 6.09 Å². The molecule has 1 aliphatic heterocycles. The average molecular weight is 342 g/mol. The Kier molecular flexibility index (Phi) is 9.52. The number of guanidine groups is 1. The summed E-state index contributed by atoms with van der Waals surface area (Å²) in [7, 11) is 1.75. The first kappa shape index (κ1) is 20.5. The van der Waals surface area contributed by atoms with Crippen LogP contribution in [0.15, 0.2) is 4.99 Å². The Hall–Kier alpha value is -1.50. The Labute approximate surface area is 146 Å². The topological polar surface area (TPSA) is 78.0 Å². The highest BCUT2D eigenvalue weighted by molar-refractivity contribution is 5.79. The van der Waals surface area contributed by atoms with E-state index in [0.29, 0.717) is 13.1 Å². The van der Waals surface area contributed by atoms with Gasteiger partial charge in [0.2, 0.25) is 0 Å². The Morgan fingerprint density at radius 1 is 1.04 bits per heavy atom. The van der Waals surface area contributed by atoms with Gasteiger partial charge in [0.05, 0.1) is 0 Å². The molecule has 0 atom stereocenters. The fraction of sp³-hybridized carbons (Fsp3) is 0.882. The Morgan fingerprint density at radius 2 is 1.67 bits per heavy atom. The number of likely N-dealkylation sites (tertiary alicyclic amines) is 1. The zero-order chi connectivity index (χ0) is 17.8. The third-order valence-electron chi connectivity index (χ3n) is 3.70. The first-order chi connectivity index (χ1) is 11.4. The van der Waals surface area contributed by atoms with E-state index >= 15 is 0 Å². The number of amides is 1. The number of carbonyl (C=O) groups is 1. The summed E-state index contributed by atoms with van der Waals surface area (Å²) >= 11 is 0. The van der Waals surface area contributed by atoms with E-state index in [0.717, 1.165) is 18.9 Å². The lowest BCUT2D eigenvalue weighted by Crippen LogP contribution is -2.42. The second kappa shape index (κ2) is 11.1. The molecule has 0 radical (unpaired) electrons. The summed E-state index contributed by atoms with van der Waals surface area (Å²) in [6, 6.07) is 0. The summed E-state index contributed by atoms with van der Waals surface area (Å²) < 4.78 is 5.18. The molecule has 0 aromatic heterocycles. The first-order valence-corrected chi connectivity index (χ1v) is 9.04. The molecule has 1 aliphatic rings. The lowest BCUT2D eigenvalue weighted by molar-refractivity contribution is 0.0529. The zero-order valence-electron chi connectivity index (χ0n) is 15.8. The summed E-state index contributed by atoms with van der Waals surface area (Å²) in [4.78, 5) is 18.2. The van der Waals surface area contributed by atoms with Gasteiger partial charge in [-0.05, 0) is 66.1 Å². The number of ether oxygens (including phenoxy) is 1. The normalized spacial score (nSPS) is 16.1. The fourth-order valence-electron chi connectivity index (χ4n) is 2.55. The molecule has 7 nitrogen and oxygen atoms in total. The molecule has 0 unspecified atom stereocenters. The van der Waals surface area contributed by atoms with Crippen LogP contribution in [0.3, 0.4) is 0 Å². The van der Waals surface area contributed by atoms with Crippen LogP contribution in [0.4, 0.5) is 4.79 Å². The van der Waals surface area contributed by atoms with Gasteiger partial charge in [-0.15, -0.1) is 0 Å². The molecule has 0 bridgehead atoms. The lowest BCUT2D eigenvalue weighted by Gasteiger charge is -2.20. The number of unbranched alkanes of at least 4 members (excludes halogenated alkanes) is 1. The second-order valence-corrected chi connectivity index (χ2v) is 7.11. The highest BCUT2D eigenvalue weighted by Crippen LogP contribution is 2.08. The summed E-state index contributed by atoms with van der Waals surface area (Å²) in [5.41, 5.74) is -0.468. The van der Waals surface area contributed by atoms with Crippen molar-refractivity contribution in [1.29, 1.82) is 0 Å². The van der Waals surface area contributed by atoms with Gasteiger partial charge in [0, 0.05) is 26.7 Å². The molecule has 1 heterocycles. The summed E-state index contributed by atoms with van der Waals surface area (Å²) in [5.74, 6) is 0.766. The predicted octanol–water partition coefficient (Wildman–Crippen LogP) is 1.55. The van der Waals surface area contributed by atoms with Crippen molar-refractivity contribution in [3.05, 3.63) is 0 Å². The molecule has 1 amide bonds. The van der Waals surface area contributed by atoms with Gasteiger partial charge in [-0.25, -0.2) is 4.79 Å². The van der Waals surface area contributed by atoms with E-state index in [9.17, 15) is 4.79 Å². The maximum absolute atomic E-state index is 11.5. The molecule has 140 valence electrons. The third-order valence-corrected chi connectivity index (χ3v) is 3.70. The van der Waals surface area contributed by atoms with Crippen LogP contribution in [-0.2, 0) is 4.74 Å². The molecule has 1 rings (SSSR count). The maximum atomic E-state index is 11.5. The SMILES string of the molecule is CN=C(NCCCCN1CCCC1)NCCNC(=O)OC(C)(C)C. The highest BCUT2D eigenvalue weighted by atomic mass is 16.6. The van der Waals surface area contributed by atoms with Crippen molar-refractivity contribution in [3.8, 4) is 0 Å². The smallest absolute Gasteiger partial charge is 0.407 e. The van der Waals surface area contributed by atoms with E-state index in [1.54, 1.807) is 7.05 Å². The van der Waals surface area contributed by atoms with E-state index in [4.69, 9.17) is 4.74 Å². The van der Waals surface area contributed by atoms with Crippen LogP contribution in [0, 0.1) is 0 Å². The van der Waals surface area contributed by atoms with Crippen molar-refractivity contribution in [2.24, 2.45) is 4.99 Å². The average Bonchev–Trinajstić information content (AvgIpc) is 3.00. The molecule has 1 saturated heterocycles. The van der Waals surface area contributed by atoms with Crippen LogP contribution in [-0.4, -0.2) is 68.9 Å². The number of nitrogens with zero attached hydrogens (tertiary/aromatic N) is 2. The maximum Gasteiger partial charge on any atom is 0.407 e. The van der Waals surface area contributed by atoms with Gasteiger partial charge in [0.15, 0.2) is 5.96 Å². The molecule has 24 heavy (non-hydrogen) atoms. The van der Waals surface area contributed by atoms with E-state index in [1.807, 2.05) is 20.8 Å². The minimum Gasteiger partial charge on any atom is -0.444 e. The summed E-state index contributed by atoms with van der Waals surface area (Å²) in [6.07, 6.45) is 4.66. The van der Waals surface area contributed by atoms with Crippen LogP contribution in [0.2, 0.25) is 0 Å². The Bertz CT molecular complexity index is 387. The van der Waals surface area contributed by atoms with Crippen LogP contribution in [0.5, 0.6) is 0 Å². The number of carbonyl (C=O) groups excluding carboxylic acids is 1. The summed E-state index contributed by atoms with van der Waals surface area (Å²) in [6.45, 7) is 11.3. The quantitative estimate of drug-likeness (QED) is 0.355. The van der Waals surface area contributed by atoms with Gasteiger partial charge in [0.1, 0.15) is 5.60 Å². The van der Waals surface area contributed by atoms with Crippen LogP contribution >= 0.6 is 0 Å². The Balaban J connectivity index is 2.00. The molecule has 3 N–H and O–H groups in total. The van der Waals surface area contributed by atoms with Crippen molar-refractivity contribution in [1.82, 2.24) is 20.9 Å². The Morgan fingerprint density at radius 3 is 2.29 bits per heavy atom. The van der Waals surface area contributed by atoms with Gasteiger partial charge < -0.3 is 25.6 Å². The number of hydrogen-bond acceptors (Lipinski definition) is 4. The predicted molar refractivity (Wildman–Crippen MR) is 98.5 cm³/mol. The van der Waals surface area contributed by atoms with Crippen molar-refractivity contribution in [2.45, 2.75) is 52.1 Å². The minimum absolute atomic E-state index is 0.394. The second-order valence-electron chi connectivity index (χ2n) is 7.11. The van der Waals surface area contributed by atoms with Crippen molar-refractivity contribution >= 4 is 12.1 Å². The fourth-order valence-corrected chi connectivity index (χ4v) is 2.55. The molecule has 0 saturated carbocycles. The molecule has 0 aromatic rings. The zero-order valence-corrected chi connectivity index (χ0v) is 15.8. The van der Waals surface area contributed by atoms with Crippen molar-refractivity contribution in [3.63, 3.8) is 0 Å². The van der Waals surface area contributed by atoms with Gasteiger partial charge in [-0.2, -0.15) is 0 Å². The van der Waals surface area contributed by atoms with Gasteiger partial charge in [0.25, 0.3) is 0 Å². The van der Waals surface area contributed by atoms with Crippen LogP contribution in [0.1, 0.15) is 46.5 Å². The van der Waals surface area contributed by atoms with E-state index in [2.05, 4.69) is 25.8 Å². The van der Waals surface area contributed by atoms with Crippen molar-refractivity contribution in [2.75, 3.05) is 46.3 Å². The van der Waals surface area contributed by atoms with Gasteiger partial charge in [-0.1, -0.05) is 0 Å². The molecular weight excluding hydrogens is 306 g/mol. The molecule has 7 heteroatoms. The van der Waals surface area contributed by atoms with E-state index < -0.39 is 11.7 Å². The highest BCUT2D eigenvalue weighted by Gasteiger charge is 2.15. The number of alkyl carbamates (subject to hydrolysis) is 1. The van der Waals surface area contributed by atoms with Crippen LogP contribution in [0.25, 0.3) is 0 Å². The standard InChI is InChI=1S/C17H35N5O2/c1-17(2,3)24-16(23)21-11-10-20-15(18-4)19-9-5-6-12-22-13-7-8-14-22/h5-14H2,1-4H3,(H,21,23)(H2,18,19,20). The van der Waals surface area contributed by atoms with Gasteiger partial charge in [-0.3, -0.25) is 4.99 Å². The molecule has 0 spiro atoms. The van der Waals surface area contributed by atoms with E-state index in [-0.39, 0.29) is 0 Å². The number of hydrogen-bond donors (Lipinski definition) is 3. The third kappa shape index (κ3) is 10.3. The lowest BCUT2D eigenvalue weighted by atomic mass is 10.2. The molecule has 0 aliphatic carbocycles. The van der Waals surface area contributed by atoms with E-state index in [1.165, 1.54) is 38.9 Å².